The number of halogens is 1. The lowest BCUT2D eigenvalue weighted by Gasteiger charge is -2.05. The molecule has 2 rings (SSSR count). The van der Waals surface area contributed by atoms with Gasteiger partial charge < -0.3 is 9.88 Å². The number of rotatable bonds is 4. The Kier molecular flexibility index (Phi) is 3.82. The Morgan fingerprint density at radius 2 is 2.24 bits per heavy atom. The molecule has 0 fully saturated rings. The third-order valence-corrected chi connectivity index (χ3v) is 2.91. The highest BCUT2D eigenvalue weighted by Gasteiger charge is 2.06. The summed E-state index contributed by atoms with van der Waals surface area (Å²) in [4.78, 5) is 4.30. The Labute approximate surface area is 106 Å². The van der Waals surface area contributed by atoms with Crippen LogP contribution in [0.15, 0.2) is 30.7 Å². The van der Waals surface area contributed by atoms with Crippen molar-refractivity contribution in [2.75, 3.05) is 6.54 Å². The van der Waals surface area contributed by atoms with E-state index >= 15 is 0 Å². The highest BCUT2D eigenvalue weighted by Crippen LogP contribution is 2.27. The van der Waals surface area contributed by atoms with Crippen LogP contribution in [0.25, 0.3) is 11.3 Å². The van der Waals surface area contributed by atoms with Crippen LogP contribution in [0.2, 0.25) is 5.02 Å². The molecule has 4 heteroatoms. The average Bonchev–Trinajstić information content (AvgIpc) is 2.73. The Morgan fingerprint density at radius 1 is 1.41 bits per heavy atom. The van der Waals surface area contributed by atoms with Gasteiger partial charge in [-0.15, -0.1) is 0 Å². The predicted molar refractivity (Wildman–Crippen MR) is 71.0 cm³/mol. The second-order valence-corrected chi connectivity index (χ2v) is 4.43. The zero-order valence-corrected chi connectivity index (χ0v) is 10.8. The van der Waals surface area contributed by atoms with Crippen molar-refractivity contribution in [2.45, 2.75) is 13.5 Å². The molecule has 1 aromatic heterocycles. The van der Waals surface area contributed by atoms with Crippen molar-refractivity contribution in [1.29, 1.82) is 0 Å². The minimum absolute atomic E-state index is 0.749. The topological polar surface area (TPSA) is 29.9 Å². The van der Waals surface area contributed by atoms with Gasteiger partial charge in [-0.1, -0.05) is 30.7 Å². The van der Waals surface area contributed by atoms with Gasteiger partial charge in [-0.2, -0.15) is 0 Å². The van der Waals surface area contributed by atoms with Crippen molar-refractivity contribution in [3.63, 3.8) is 0 Å². The van der Waals surface area contributed by atoms with E-state index in [0.29, 0.717) is 0 Å². The fourth-order valence-electron chi connectivity index (χ4n) is 1.70. The van der Waals surface area contributed by atoms with E-state index in [2.05, 4.69) is 23.3 Å². The number of hydrogen-bond acceptors (Lipinski definition) is 2. The first kappa shape index (κ1) is 12.1. The molecule has 0 aliphatic carbocycles. The lowest BCUT2D eigenvalue weighted by molar-refractivity contribution is 0.727. The van der Waals surface area contributed by atoms with E-state index in [-0.39, 0.29) is 0 Å². The summed E-state index contributed by atoms with van der Waals surface area (Å²) < 4.78 is 1.91. The van der Waals surface area contributed by atoms with Gasteiger partial charge in [0, 0.05) is 25.4 Å². The molecule has 17 heavy (non-hydrogen) atoms. The van der Waals surface area contributed by atoms with Crippen LogP contribution in [0.4, 0.5) is 0 Å². The standard InChI is InChI=1S/C13H16ClN3/c1-3-15-7-10-4-5-11(12(14)6-10)13-8-17(2)9-16-13/h4-6,8-9,15H,3,7H2,1-2H3. The van der Waals surface area contributed by atoms with Crippen LogP contribution in [0.1, 0.15) is 12.5 Å². The maximum absolute atomic E-state index is 6.28. The first-order chi connectivity index (χ1) is 8.20. The summed E-state index contributed by atoms with van der Waals surface area (Å²) >= 11 is 6.28. The summed E-state index contributed by atoms with van der Waals surface area (Å²) in [7, 11) is 1.95. The molecular weight excluding hydrogens is 234 g/mol. The number of benzene rings is 1. The van der Waals surface area contributed by atoms with Gasteiger partial charge in [0.25, 0.3) is 0 Å². The third-order valence-electron chi connectivity index (χ3n) is 2.59. The average molecular weight is 250 g/mol. The Balaban J connectivity index is 2.25. The molecule has 0 spiro atoms. The normalized spacial score (nSPS) is 10.8. The number of nitrogens with one attached hydrogen (secondary N) is 1. The number of nitrogens with zero attached hydrogens (tertiary/aromatic N) is 2. The molecule has 90 valence electrons. The highest BCUT2D eigenvalue weighted by atomic mass is 35.5. The second kappa shape index (κ2) is 5.34. The van der Waals surface area contributed by atoms with Crippen molar-refractivity contribution in [3.8, 4) is 11.3 Å². The molecule has 0 unspecified atom stereocenters. The van der Waals surface area contributed by atoms with Crippen LogP contribution < -0.4 is 5.32 Å². The van der Waals surface area contributed by atoms with Crippen LogP contribution >= 0.6 is 11.6 Å². The van der Waals surface area contributed by atoms with Gasteiger partial charge in [0.2, 0.25) is 0 Å². The summed E-state index contributed by atoms with van der Waals surface area (Å²) in [5.74, 6) is 0. The lowest BCUT2D eigenvalue weighted by Crippen LogP contribution is -2.11. The molecule has 0 saturated heterocycles. The van der Waals surface area contributed by atoms with Crippen molar-refractivity contribution in [3.05, 3.63) is 41.3 Å². The molecule has 1 heterocycles. The van der Waals surface area contributed by atoms with E-state index in [1.54, 1.807) is 6.33 Å². The first-order valence-electron chi connectivity index (χ1n) is 5.68. The number of hydrogen-bond donors (Lipinski definition) is 1. The molecule has 0 bridgehead atoms. The maximum atomic E-state index is 6.28. The van der Waals surface area contributed by atoms with Crippen molar-refractivity contribution < 1.29 is 0 Å². The molecule has 1 aromatic carbocycles. The summed E-state index contributed by atoms with van der Waals surface area (Å²) in [6.07, 6.45) is 3.74. The first-order valence-corrected chi connectivity index (χ1v) is 6.06. The summed E-state index contributed by atoms with van der Waals surface area (Å²) in [6.45, 7) is 3.89. The van der Waals surface area contributed by atoms with E-state index in [0.717, 1.165) is 29.4 Å². The molecule has 0 atom stereocenters. The second-order valence-electron chi connectivity index (χ2n) is 4.02. The largest absolute Gasteiger partial charge is 0.340 e. The lowest BCUT2D eigenvalue weighted by atomic mass is 10.1. The maximum Gasteiger partial charge on any atom is 0.0951 e. The van der Waals surface area contributed by atoms with Gasteiger partial charge in [-0.05, 0) is 18.2 Å². The predicted octanol–water partition coefficient (Wildman–Crippen LogP) is 2.85. The molecule has 0 aliphatic rings. The molecular formula is C13H16ClN3. The Bertz CT molecular complexity index is 505. The van der Waals surface area contributed by atoms with Gasteiger partial charge in [0.05, 0.1) is 17.0 Å². The summed E-state index contributed by atoms with van der Waals surface area (Å²) in [5.41, 5.74) is 3.08. The van der Waals surface area contributed by atoms with E-state index in [1.807, 2.05) is 29.9 Å². The van der Waals surface area contributed by atoms with Gasteiger partial charge in [-0.25, -0.2) is 4.98 Å². The van der Waals surface area contributed by atoms with Gasteiger partial charge in [0.1, 0.15) is 0 Å². The van der Waals surface area contributed by atoms with Crippen LogP contribution in [-0.4, -0.2) is 16.1 Å². The number of imidazole rings is 1. The van der Waals surface area contributed by atoms with Crippen molar-refractivity contribution in [2.24, 2.45) is 7.05 Å². The van der Waals surface area contributed by atoms with Gasteiger partial charge in [0.15, 0.2) is 0 Å². The minimum Gasteiger partial charge on any atom is -0.340 e. The molecule has 2 aromatic rings. The minimum atomic E-state index is 0.749. The number of aryl methyl sites for hydroxylation is 1. The van der Waals surface area contributed by atoms with E-state index in [9.17, 15) is 0 Å². The van der Waals surface area contributed by atoms with Crippen LogP contribution in [-0.2, 0) is 13.6 Å². The van der Waals surface area contributed by atoms with Gasteiger partial charge >= 0.3 is 0 Å². The summed E-state index contributed by atoms with van der Waals surface area (Å²) in [5, 5.41) is 4.03. The summed E-state index contributed by atoms with van der Waals surface area (Å²) in [6, 6.07) is 6.10. The van der Waals surface area contributed by atoms with Crippen molar-refractivity contribution >= 4 is 11.6 Å². The van der Waals surface area contributed by atoms with E-state index < -0.39 is 0 Å². The number of aromatic nitrogens is 2. The monoisotopic (exact) mass is 249 g/mol. The molecule has 0 saturated carbocycles. The third kappa shape index (κ3) is 2.87. The van der Waals surface area contributed by atoms with Crippen LogP contribution in [0.5, 0.6) is 0 Å². The molecule has 0 aliphatic heterocycles. The SMILES string of the molecule is CCNCc1ccc(-c2cn(C)cn2)c(Cl)c1. The Hall–Kier alpha value is -1.32. The molecule has 3 nitrogen and oxygen atoms in total. The zero-order valence-electron chi connectivity index (χ0n) is 10.1. The Morgan fingerprint density at radius 3 is 2.82 bits per heavy atom. The highest BCUT2D eigenvalue weighted by molar-refractivity contribution is 6.33. The van der Waals surface area contributed by atoms with Gasteiger partial charge in [-0.3, -0.25) is 0 Å². The quantitative estimate of drug-likeness (QED) is 0.903. The van der Waals surface area contributed by atoms with Crippen LogP contribution in [0, 0.1) is 0 Å². The molecule has 1 N–H and O–H groups in total. The van der Waals surface area contributed by atoms with E-state index in [4.69, 9.17) is 11.6 Å². The van der Waals surface area contributed by atoms with E-state index in [1.165, 1.54) is 5.56 Å². The van der Waals surface area contributed by atoms with Crippen molar-refractivity contribution in [1.82, 2.24) is 14.9 Å². The molecule has 0 amide bonds. The fraction of sp³-hybridized carbons (Fsp3) is 0.308. The fourth-order valence-corrected chi connectivity index (χ4v) is 2.00. The smallest absolute Gasteiger partial charge is 0.0951 e. The molecule has 0 radical (unpaired) electrons. The zero-order chi connectivity index (χ0) is 12.3. The van der Waals surface area contributed by atoms with Crippen LogP contribution in [0.3, 0.4) is 0 Å².